The number of morpholine rings is 1. The standard InChI is InChI=1S/C20H23N5O2/c21-17-8-10-22-19(23-17)25-11-9-20(15-25)14-24(12-13-27-20)18(26)7-6-16-4-2-1-3-5-16/h1-8,10H,9,11-15H2,(H2,21,22,23). The first kappa shape index (κ1) is 17.5. The number of anilines is 2. The highest BCUT2D eigenvalue weighted by Crippen LogP contribution is 2.31. The van der Waals surface area contributed by atoms with E-state index in [4.69, 9.17) is 10.5 Å². The first-order valence-corrected chi connectivity index (χ1v) is 9.13. The molecule has 7 heteroatoms. The van der Waals surface area contributed by atoms with Gasteiger partial charge in [-0.15, -0.1) is 0 Å². The molecule has 2 saturated heterocycles. The van der Waals surface area contributed by atoms with Crippen molar-refractivity contribution in [3.8, 4) is 0 Å². The van der Waals surface area contributed by atoms with Crippen LogP contribution >= 0.6 is 0 Å². The zero-order valence-electron chi connectivity index (χ0n) is 15.1. The molecule has 1 unspecified atom stereocenters. The van der Waals surface area contributed by atoms with E-state index in [1.54, 1.807) is 18.3 Å². The van der Waals surface area contributed by atoms with E-state index in [-0.39, 0.29) is 11.5 Å². The molecule has 2 aromatic rings. The maximum atomic E-state index is 12.6. The monoisotopic (exact) mass is 365 g/mol. The lowest BCUT2D eigenvalue weighted by Gasteiger charge is -2.40. The first-order valence-electron chi connectivity index (χ1n) is 9.13. The highest BCUT2D eigenvalue weighted by Gasteiger charge is 2.44. The van der Waals surface area contributed by atoms with E-state index in [1.165, 1.54) is 0 Å². The fourth-order valence-electron chi connectivity index (χ4n) is 3.65. The van der Waals surface area contributed by atoms with Crippen LogP contribution in [0.5, 0.6) is 0 Å². The number of ether oxygens (including phenoxy) is 1. The Kier molecular flexibility index (Phi) is 4.77. The van der Waals surface area contributed by atoms with Crippen LogP contribution in [0.15, 0.2) is 48.7 Å². The van der Waals surface area contributed by atoms with Gasteiger partial charge in [-0.25, -0.2) is 4.98 Å². The minimum atomic E-state index is -0.373. The maximum absolute atomic E-state index is 12.6. The van der Waals surface area contributed by atoms with Crippen LogP contribution in [-0.2, 0) is 9.53 Å². The van der Waals surface area contributed by atoms with Gasteiger partial charge in [0, 0.05) is 25.4 Å². The van der Waals surface area contributed by atoms with Crippen LogP contribution < -0.4 is 10.6 Å². The van der Waals surface area contributed by atoms with E-state index in [0.29, 0.717) is 38.0 Å². The average molecular weight is 365 g/mol. The zero-order chi connectivity index (χ0) is 18.7. The molecular formula is C20H23N5O2. The number of amides is 1. The molecule has 4 rings (SSSR count). The minimum absolute atomic E-state index is 0.0141. The Balaban J connectivity index is 1.42. The molecule has 27 heavy (non-hydrogen) atoms. The largest absolute Gasteiger partial charge is 0.384 e. The molecule has 2 fully saturated rings. The summed E-state index contributed by atoms with van der Waals surface area (Å²) in [5.74, 6) is 1.08. The number of nitrogens with two attached hydrogens (primary N) is 1. The van der Waals surface area contributed by atoms with Gasteiger partial charge < -0.3 is 20.3 Å². The number of carbonyl (C=O) groups excluding carboxylic acids is 1. The molecule has 7 nitrogen and oxygen atoms in total. The van der Waals surface area contributed by atoms with Gasteiger partial charge in [-0.3, -0.25) is 4.79 Å². The predicted molar refractivity (Wildman–Crippen MR) is 104 cm³/mol. The fourth-order valence-corrected chi connectivity index (χ4v) is 3.65. The molecule has 0 bridgehead atoms. The van der Waals surface area contributed by atoms with Crippen molar-refractivity contribution in [2.45, 2.75) is 12.0 Å². The third-order valence-corrected chi connectivity index (χ3v) is 5.04. The molecule has 0 aliphatic carbocycles. The Labute approximate surface area is 158 Å². The van der Waals surface area contributed by atoms with Crippen molar-refractivity contribution in [1.29, 1.82) is 0 Å². The van der Waals surface area contributed by atoms with E-state index >= 15 is 0 Å². The van der Waals surface area contributed by atoms with Crippen LogP contribution in [0.1, 0.15) is 12.0 Å². The number of benzene rings is 1. The number of hydrogen-bond donors (Lipinski definition) is 1. The molecule has 3 heterocycles. The number of carbonyl (C=O) groups is 1. The van der Waals surface area contributed by atoms with Gasteiger partial charge in [-0.2, -0.15) is 4.98 Å². The van der Waals surface area contributed by atoms with Gasteiger partial charge in [0.25, 0.3) is 0 Å². The fraction of sp³-hybridized carbons (Fsp3) is 0.350. The smallest absolute Gasteiger partial charge is 0.246 e. The Morgan fingerprint density at radius 3 is 2.85 bits per heavy atom. The summed E-state index contributed by atoms with van der Waals surface area (Å²) in [4.78, 5) is 25.2. The third kappa shape index (κ3) is 3.93. The molecule has 0 radical (unpaired) electrons. The second-order valence-corrected chi connectivity index (χ2v) is 6.99. The van der Waals surface area contributed by atoms with Crippen molar-refractivity contribution in [3.05, 3.63) is 54.2 Å². The van der Waals surface area contributed by atoms with Crippen LogP contribution in [-0.4, -0.2) is 59.2 Å². The summed E-state index contributed by atoms with van der Waals surface area (Å²) >= 11 is 0. The number of nitrogen functional groups attached to an aromatic ring is 1. The van der Waals surface area contributed by atoms with Gasteiger partial charge in [-0.05, 0) is 24.1 Å². The highest BCUT2D eigenvalue weighted by atomic mass is 16.5. The molecule has 2 N–H and O–H groups in total. The molecule has 1 aromatic carbocycles. The van der Waals surface area contributed by atoms with E-state index in [2.05, 4.69) is 14.9 Å². The third-order valence-electron chi connectivity index (χ3n) is 5.04. The molecule has 1 aromatic heterocycles. The minimum Gasteiger partial charge on any atom is -0.384 e. The second kappa shape index (κ2) is 7.36. The predicted octanol–water partition coefficient (Wildman–Crippen LogP) is 1.58. The summed E-state index contributed by atoms with van der Waals surface area (Å²) in [6.45, 7) is 3.16. The lowest BCUT2D eigenvalue weighted by Crippen LogP contribution is -2.54. The molecule has 1 spiro atoms. The molecular weight excluding hydrogens is 342 g/mol. The van der Waals surface area contributed by atoms with E-state index < -0.39 is 0 Å². The molecule has 2 aliphatic rings. The van der Waals surface area contributed by atoms with Gasteiger partial charge >= 0.3 is 0 Å². The molecule has 140 valence electrons. The number of aromatic nitrogens is 2. The molecule has 1 amide bonds. The van der Waals surface area contributed by atoms with Gasteiger partial charge in [0.2, 0.25) is 11.9 Å². The van der Waals surface area contributed by atoms with Gasteiger partial charge in [0.15, 0.2) is 0 Å². The lowest BCUT2D eigenvalue weighted by molar-refractivity contribution is -0.142. The summed E-state index contributed by atoms with van der Waals surface area (Å²) in [6, 6.07) is 11.5. The molecule has 2 aliphatic heterocycles. The Bertz CT molecular complexity index is 841. The van der Waals surface area contributed by atoms with Crippen molar-refractivity contribution >= 4 is 23.7 Å². The van der Waals surface area contributed by atoms with Gasteiger partial charge in [-0.1, -0.05) is 30.3 Å². The van der Waals surface area contributed by atoms with E-state index in [9.17, 15) is 4.79 Å². The topological polar surface area (TPSA) is 84.6 Å². The zero-order valence-corrected chi connectivity index (χ0v) is 15.1. The van der Waals surface area contributed by atoms with Crippen molar-refractivity contribution in [1.82, 2.24) is 14.9 Å². The molecule has 0 saturated carbocycles. The van der Waals surface area contributed by atoms with Crippen LogP contribution in [0, 0.1) is 0 Å². The van der Waals surface area contributed by atoms with Crippen LogP contribution in [0.4, 0.5) is 11.8 Å². The summed E-state index contributed by atoms with van der Waals surface area (Å²) in [5.41, 5.74) is 6.41. The van der Waals surface area contributed by atoms with Crippen LogP contribution in [0.2, 0.25) is 0 Å². The molecule has 1 atom stereocenters. The summed E-state index contributed by atoms with van der Waals surface area (Å²) in [6.07, 6.45) is 5.99. The average Bonchev–Trinajstić information content (AvgIpc) is 3.10. The van der Waals surface area contributed by atoms with E-state index in [0.717, 1.165) is 18.5 Å². The van der Waals surface area contributed by atoms with Crippen LogP contribution in [0.3, 0.4) is 0 Å². The summed E-state index contributed by atoms with van der Waals surface area (Å²) in [5, 5.41) is 0. The van der Waals surface area contributed by atoms with E-state index in [1.807, 2.05) is 41.3 Å². The summed E-state index contributed by atoms with van der Waals surface area (Å²) in [7, 11) is 0. The van der Waals surface area contributed by atoms with Gasteiger partial charge in [0.05, 0.1) is 19.7 Å². The van der Waals surface area contributed by atoms with Crippen LogP contribution in [0.25, 0.3) is 6.08 Å². The summed E-state index contributed by atoms with van der Waals surface area (Å²) < 4.78 is 6.11. The van der Waals surface area contributed by atoms with Crippen molar-refractivity contribution in [2.24, 2.45) is 0 Å². The maximum Gasteiger partial charge on any atom is 0.246 e. The second-order valence-electron chi connectivity index (χ2n) is 6.99. The normalized spacial score (nSPS) is 22.7. The Hall–Kier alpha value is -2.93. The number of rotatable bonds is 3. The number of hydrogen-bond acceptors (Lipinski definition) is 6. The highest BCUT2D eigenvalue weighted by molar-refractivity contribution is 5.91. The lowest BCUT2D eigenvalue weighted by atomic mass is 10.0. The van der Waals surface area contributed by atoms with Crippen molar-refractivity contribution in [3.63, 3.8) is 0 Å². The SMILES string of the molecule is Nc1ccnc(N2CCC3(CN(C(=O)C=Cc4ccccc4)CCO3)C2)n1. The Morgan fingerprint density at radius 1 is 1.19 bits per heavy atom. The number of nitrogens with zero attached hydrogens (tertiary/aromatic N) is 4. The first-order chi connectivity index (χ1) is 13.1. The Morgan fingerprint density at radius 2 is 2.04 bits per heavy atom. The van der Waals surface area contributed by atoms with Gasteiger partial charge in [0.1, 0.15) is 11.4 Å². The van der Waals surface area contributed by atoms with Crippen molar-refractivity contribution < 1.29 is 9.53 Å². The van der Waals surface area contributed by atoms with Crippen molar-refractivity contribution in [2.75, 3.05) is 43.4 Å². The quantitative estimate of drug-likeness (QED) is 0.832.